The third-order valence-electron chi connectivity index (χ3n) is 3.92. The van der Waals surface area contributed by atoms with E-state index in [0.29, 0.717) is 5.06 Å². The molecule has 118 valence electrons. The van der Waals surface area contributed by atoms with E-state index in [4.69, 9.17) is 4.84 Å². The summed E-state index contributed by atoms with van der Waals surface area (Å²) in [5.41, 5.74) is 2.18. The first kappa shape index (κ1) is 14.2. The number of hydrogen-bond acceptors (Lipinski definition) is 4. The van der Waals surface area contributed by atoms with Crippen molar-refractivity contribution in [2.75, 3.05) is 0 Å². The van der Waals surface area contributed by atoms with Crippen molar-refractivity contribution in [3.63, 3.8) is 0 Å². The van der Waals surface area contributed by atoms with Crippen molar-refractivity contribution in [1.82, 2.24) is 10.0 Å². The zero-order valence-corrected chi connectivity index (χ0v) is 12.5. The van der Waals surface area contributed by atoms with Crippen molar-refractivity contribution in [3.05, 3.63) is 71.4 Å². The highest BCUT2D eigenvalue weighted by Gasteiger charge is 2.38. The molecule has 2 heterocycles. The monoisotopic (exact) mass is 320 g/mol. The van der Waals surface area contributed by atoms with Crippen LogP contribution in [0.3, 0.4) is 0 Å². The predicted molar refractivity (Wildman–Crippen MR) is 85.0 cm³/mol. The lowest BCUT2D eigenvalue weighted by atomic mass is 10.1. The maximum atomic E-state index is 12.2. The molecule has 0 fully saturated rings. The van der Waals surface area contributed by atoms with Gasteiger partial charge in [-0.25, -0.2) is 4.79 Å². The first-order valence-corrected chi connectivity index (χ1v) is 7.38. The van der Waals surface area contributed by atoms with Crippen LogP contribution in [-0.2, 0) is 16.1 Å². The molecule has 2 amide bonds. The second kappa shape index (κ2) is 5.34. The smallest absolute Gasteiger partial charge is 0.337 e. The van der Waals surface area contributed by atoms with Gasteiger partial charge in [0, 0.05) is 11.7 Å². The average molecular weight is 320 g/mol. The number of aromatic amines is 1. The fourth-order valence-electron chi connectivity index (χ4n) is 2.76. The van der Waals surface area contributed by atoms with Crippen LogP contribution in [0.15, 0.2) is 54.7 Å². The number of hydrogen-bond donors (Lipinski definition) is 1. The fourth-order valence-corrected chi connectivity index (χ4v) is 2.76. The van der Waals surface area contributed by atoms with Crippen molar-refractivity contribution in [2.45, 2.75) is 6.42 Å². The molecular formula is C18H12N2O4. The van der Waals surface area contributed by atoms with Crippen LogP contribution in [-0.4, -0.2) is 27.8 Å². The fraction of sp³-hybridized carbons (Fsp3) is 0.0556. The Morgan fingerprint density at radius 1 is 1.00 bits per heavy atom. The molecule has 0 aliphatic carbocycles. The van der Waals surface area contributed by atoms with Crippen molar-refractivity contribution < 1.29 is 19.2 Å². The summed E-state index contributed by atoms with van der Waals surface area (Å²) in [6, 6.07) is 13.8. The molecule has 0 saturated carbocycles. The van der Waals surface area contributed by atoms with Crippen LogP contribution in [0.5, 0.6) is 0 Å². The van der Waals surface area contributed by atoms with Gasteiger partial charge in [0.1, 0.15) is 0 Å². The molecule has 0 radical (unpaired) electrons. The molecule has 3 aromatic rings. The molecule has 0 spiro atoms. The molecule has 4 rings (SSSR count). The van der Waals surface area contributed by atoms with Crippen LogP contribution in [0.1, 0.15) is 26.3 Å². The molecule has 1 aliphatic heterocycles. The van der Waals surface area contributed by atoms with E-state index >= 15 is 0 Å². The summed E-state index contributed by atoms with van der Waals surface area (Å²) in [5, 5.41) is 1.50. The molecule has 0 saturated heterocycles. The molecule has 2 aromatic carbocycles. The molecule has 0 unspecified atom stereocenters. The minimum Gasteiger partial charge on any atom is -0.361 e. The van der Waals surface area contributed by atoms with Crippen LogP contribution in [0, 0.1) is 0 Å². The van der Waals surface area contributed by atoms with Gasteiger partial charge in [-0.1, -0.05) is 23.3 Å². The number of benzene rings is 2. The molecule has 1 aromatic heterocycles. The quantitative estimate of drug-likeness (QED) is 0.752. The number of amides is 2. The Hall–Kier alpha value is -3.41. The van der Waals surface area contributed by atoms with Crippen LogP contribution in [0.2, 0.25) is 0 Å². The summed E-state index contributed by atoms with van der Waals surface area (Å²) in [5.74, 6) is -1.91. The second-order valence-electron chi connectivity index (χ2n) is 5.49. The summed E-state index contributed by atoms with van der Waals surface area (Å²) in [7, 11) is 0. The molecule has 24 heavy (non-hydrogen) atoms. The van der Waals surface area contributed by atoms with Gasteiger partial charge in [0.05, 0.1) is 17.5 Å². The molecule has 0 bridgehead atoms. The number of rotatable bonds is 3. The van der Waals surface area contributed by atoms with E-state index in [2.05, 4.69) is 4.98 Å². The molecule has 6 heteroatoms. The lowest BCUT2D eigenvalue weighted by Crippen LogP contribution is -2.33. The Morgan fingerprint density at radius 3 is 2.42 bits per heavy atom. The largest absolute Gasteiger partial charge is 0.361 e. The first-order valence-electron chi connectivity index (χ1n) is 7.38. The zero-order valence-electron chi connectivity index (χ0n) is 12.5. The van der Waals surface area contributed by atoms with Crippen LogP contribution in [0.4, 0.5) is 0 Å². The van der Waals surface area contributed by atoms with Gasteiger partial charge in [0.25, 0.3) is 11.8 Å². The number of imide groups is 1. The van der Waals surface area contributed by atoms with Gasteiger partial charge in [0.15, 0.2) is 0 Å². The third kappa shape index (κ3) is 2.25. The van der Waals surface area contributed by atoms with E-state index in [1.165, 1.54) is 12.1 Å². The predicted octanol–water partition coefficient (Wildman–Crippen LogP) is 2.46. The second-order valence-corrected chi connectivity index (χ2v) is 5.49. The maximum absolute atomic E-state index is 12.2. The Bertz CT molecular complexity index is 954. The van der Waals surface area contributed by atoms with Gasteiger partial charge in [-0.2, -0.15) is 0 Å². The highest BCUT2D eigenvalue weighted by molar-refractivity contribution is 6.20. The Labute approximate surface area is 136 Å². The highest BCUT2D eigenvalue weighted by atomic mass is 16.7. The van der Waals surface area contributed by atoms with Gasteiger partial charge in [-0.3, -0.25) is 9.59 Å². The normalized spacial score (nSPS) is 13.4. The van der Waals surface area contributed by atoms with Gasteiger partial charge in [-0.05, 0) is 41.3 Å². The van der Waals surface area contributed by atoms with E-state index < -0.39 is 17.8 Å². The van der Waals surface area contributed by atoms with E-state index in [1.54, 1.807) is 18.2 Å². The van der Waals surface area contributed by atoms with E-state index in [9.17, 15) is 14.4 Å². The first-order chi connectivity index (χ1) is 11.6. The van der Waals surface area contributed by atoms with Crippen LogP contribution < -0.4 is 0 Å². The van der Waals surface area contributed by atoms with Crippen molar-refractivity contribution >= 4 is 28.7 Å². The number of H-pyrrole nitrogens is 1. The maximum Gasteiger partial charge on any atom is 0.337 e. The van der Waals surface area contributed by atoms with Crippen molar-refractivity contribution in [1.29, 1.82) is 0 Å². The molecule has 0 atom stereocenters. The van der Waals surface area contributed by atoms with Gasteiger partial charge < -0.3 is 9.82 Å². The summed E-state index contributed by atoms with van der Waals surface area (Å²) in [6.45, 7) is 0. The molecule has 1 N–H and O–H groups in total. The van der Waals surface area contributed by atoms with E-state index in [0.717, 1.165) is 16.5 Å². The number of fused-ring (bicyclic) bond motifs is 2. The zero-order chi connectivity index (χ0) is 16.7. The third-order valence-corrected chi connectivity index (χ3v) is 3.92. The number of hydroxylamine groups is 2. The molecule has 1 aliphatic rings. The average Bonchev–Trinajstić information content (AvgIpc) is 3.14. The lowest BCUT2D eigenvalue weighted by Gasteiger charge is -2.12. The summed E-state index contributed by atoms with van der Waals surface area (Å²) < 4.78 is 0. The van der Waals surface area contributed by atoms with Crippen LogP contribution in [0.25, 0.3) is 10.9 Å². The summed E-state index contributed by atoms with van der Waals surface area (Å²) in [6.07, 6.45) is 1.78. The Kier molecular flexibility index (Phi) is 3.16. The SMILES string of the molecule is O=C(Cc1ccc2[nH]ccc2c1)ON1C(=O)c2ccccc2C1=O. The minimum atomic E-state index is -0.667. The molecular weight excluding hydrogens is 308 g/mol. The summed E-state index contributed by atoms with van der Waals surface area (Å²) in [4.78, 5) is 44.5. The van der Waals surface area contributed by atoms with Crippen LogP contribution >= 0.6 is 0 Å². The lowest BCUT2D eigenvalue weighted by molar-refractivity contribution is -0.167. The number of nitrogens with zero attached hydrogens (tertiary/aromatic N) is 1. The van der Waals surface area contributed by atoms with Gasteiger partial charge in [0.2, 0.25) is 0 Å². The summed E-state index contributed by atoms with van der Waals surface area (Å²) >= 11 is 0. The van der Waals surface area contributed by atoms with Gasteiger partial charge >= 0.3 is 5.97 Å². The van der Waals surface area contributed by atoms with Crippen molar-refractivity contribution in [3.8, 4) is 0 Å². The van der Waals surface area contributed by atoms with E-state index in [-0.39, 0.29) is 17.5 Å². The number of carbonyl (C=O) groups is 3. The Morgan fingerprint density at radius 2 is 1.71 bits per heavy atom. The number of aromatic nitrogens is 1. The van der Waals surface area contributed by atoms with Gasteiger partial charge in [-0.15, -0.1) is 0 Å². The highest BCUT2D eigenvalue weighted by Crippen LogP contribution is 2.23. The Balaban J connectivity index is 1.50. The van der Waals surface area contributed by atoms with Crippen molar-refractivity contribution in [2.24, 2.45) is 0 Å². The number of nitrogens with one attached hydrogen (secondary N) is 1. The minimum absolute atomic E-state index is 0.0332. The topological polar surface area (TPSA) is 79.5 Å². The molecule has 6 nitrogen and oxygen atoms in total. The standard InChI is InChI=1S/C18H12N2O4/c21-16(10-11-5-6-15-12(9-11)7-8-19-15)24-20-17(22)13-3-1-2-4-14(13)18(20)23/h1-9,19H,10H2. The number of carbonyl (C=O) groups excluding carboxylic acids is 3. The van der Waals surface area contributed by atoms with E-state index in [1.807, 2.05) is 24.4 Å².